The van der Waals surface area contributed by atoms with Crippen molar-refractivity contribution in [2.45, 2.75) is 95.7 Å². The van der Waals surface area contributed by atoms with Crippen LogP contribution in [0.15, 0.2) is 24.3 Å². The van der Waals surface area contributed by atoms with Gasteiger partial charge in [0.2, 0.25) is 11.8 Å². The van der Waals surface area contributed by atoms with E-state index in [0.717, 1.165) is 63.7 Å². The molecular weight excluding hydrogens is 456 g/mol. The molecule has 0 bridgehead atoms. The molecule has 8 nitrogen and oxygen atoms in total. The van der Waals surface area contributed by atoms with Gasteiger partial charge in [0.05, 0.1) is 5.92 Å². The minimum Gasteiger partial charge on any atom is -0.444 e. The Labute approximate surface area is 214 Å². The van der Waals surface area contributed by atoms with Gasteiger partial charge in [-0.2, -0.15) is 0 Å². The lowest BCUT2D eigenvalue weighted by Crippen LogP contribution is -2.45. The normalized spacial score (nSPS) is 25.9. The molecule has 8 heteroatoms. The summed E-state index contributed by atoms with van der Waals surface area (Å²) in [6.07, 6.45) is 7.21. The van der Waals surface area contributed by atoms with Gasteiger partial charge < -0.3 is 20.3 Å². The highest BCUT2D eigenvalue weighted by molar-refractivity contribution is 6.00. The predicted molar refractivity (Wildman–Crippen MR) is 140 cm³/mol. The number of carbonyl (C=O) groups excluding carboxylic acids is 3. The van der Waals surface area contributed by atoms with Crippen molar-refractivity contribution in [1.29, 1.82) is 0 Å². The Balaban J connectivity index is 1.14. The van der Waals surface area contributed by atoms with Gasteiger partial charge in [0.25, 0.3) is 0 Å². The summed E-state index contributed by atoms with van der Waals surface area (Å²) >= 11 is 0. The average Bonchev–Trinajstić information content (AvgIpc) is 2.83. The number of ether oxygens (including phenoxy) is 1. The van der Waals surface area contributed by atoms with Gasteiger partial charge in [0.15, 0.2) is 0 Å². The molecule has 3 amide bonds. The number of hydrogen-bond donors (Lipinski definition) is 3. The molecule has 1 saturated carbocycles. The topological polar surface area (TPSA) is 99.8 Å². The summed E-state index contributed by atoms with van der Waals surface area (Å²) in [7, 11) is 0. The molecule has 3 aliphatic rings. The molecule has 2 aliphatic heterocycles. The van der Waals surface area contributed by atoms with Crippen molar-refractivity contribution < 1.29 is 19.1 Å². The Morgan fingerprint density at radius 2 is 1.64 bits per heavy atom. The maximum absolute atomic E-state index is 12.1. The molecule has 1 aliphatic carbocycles. The van der Waals surface area contributed by atoms with Gasteiger partial charge in [0.1, 0.15) is 5.60 Å². The molecule has 1 aromatic carbocycles. The highest BCUT2D eigenvalue weighted by atomic mass is 16.6. The van der Waals surface area contributed by atoms with E-state index in [2.05, 4.69) is 33.0 Å². The van der Waals surface area contributed by atoms with E-state index in [4.69, 9.17) is 4.74 Å². The van der Waals surface area contributed by atoms with E-state index < -0.39 is 5.60 Å². The first-order valence-corrected chi connectivity index (χ1v) is 13.6. The smallest absolute Gasteiger partial charge is 0.407 e. The molecule has 1 atom stereocenters. The summed E-state index contributed by atoms with van der Waals surface area (Å²) in [5.41, 5.74) is 1.72. The summed E-state index contributed by atoms with van der Waals surface area (Å²) in [5.74, 6) is 0.0836. The molecule has 2 saturated heterocycles. The van der Waals surface area contributed by atoms with Crippen LogP contribution in [-0.4, -0.2) is 55.2 Å². The van der Waals surface area contributed by atoms with Crippen LogP contribution >= 0.6 is 0 Å². The Kier molecular flexibility index (Phi) is 8.54. The van der Waals surface area contributed by atoms with Crippen LogP contribution in [-0.2, 0) is 14.3 Å². The number of anilines is 1. The molecule has 3 fully saturated rings. The zero-order chi connectivity index (χ0) is 25.7. The summed E-state index contributed by atoms with van der Waals surface area (Å²) in [5, 5.41) is 9.27. The van der Waals surface area contributed by atoms with Crippen molar-refractivity contribution in [3.8, 4) is 0 Å². The lowest BCUT2D eigenvalue weighted by molar-refractivity contribution is -0.134. The van der Waals surface area contributed by atoms with Crippen LogP contribution < -0.4 is 20.9 Å². The number of benzene rings is 1. The number of rotatable bonds is 6. The quantitative estimate of drug-likeness (QED) is 0.515. The summed E-state index contributed by atoms with van der Waals surface area (Å²) in [4.78, 5) is 38.0. The molecule has 3 N–H and O–H groups in total. The number of nitrogens with zero attached hydrogens (tertiary/aromatic N) is 1. The molecule has 0 spiro atoms. The minimum atomic E-state index is -0.458. The van der Waals surface area contributed by atoms with Gasteiger partial charge in [-0.3, -0.25) is 14.9 Å². The first-order valence-electron chi connectivity index (χ1n) is 13.6. The molecule has 1 aromatic rings. The van der Waals surface area contributed by atoms with Crippen molar-refractivity contribution in [2.75, 3.05) is 24.5 Å². The Morgan fingerprint density at radius 1 is 0.972 bits per heavy atom. The first-order chi connectivity index (χ1) is 17.2. The van der Waals surface area contributed by atoms with Crippen molar-refractivity contribution >= 4 is 23.6 Å². The lowest BCUT2D eigenvalue weighted by Gasteiger charge is -2.36. The van der Waals surface area contributed by atoms with Gasteiger partial charge in [-0.25, -0.2) is 4.79 Å². The first kappa shape index (κ1) is 26.5. The van der Waals surface area contributed by atoms with Gasteiger partial charge in [-0.15, -0.1) is 0 Å². The number of nitrogens with one attached hydrogen (secondary N) is 3. The van der Waals surface area contributed by atoms with E-state index in [-0.39, 0.29) is 29.9 Å². The van der Waals surface area contributed by atoms with Crippen LogP contribution in [0.2, 0.25) is 0 Å². The summed E-state index contributed by atoms with van der Waals surface area (Å²) in [6.45, 7) is 8.74. The van der Waals surface area contributed by atoms with Crippen LogP contribution in [0.5, 0.6) is 0 Å². The zero-order valence-electron chi connectivity index (χ0n) is 22.0. The standard InChI is InChI=1S/C28H42N4O4/c1-28(2,3)36-27(35)30-22-8-4-19(5-9-22)18-29-21-14-16-32(17-15-21)23-10-6-20(7-11-23)24-12-13-25(33)31-26(24)34/h6-7,10-11,19,21-22,24,29H,4-5,8-9,12-18H2,1-3H3,(H,30,35)(H,31,33,34). The number of imide groups is 1. The van der Waals surface area contributed by atoms with Crippen LogP contribution in [0.25, 0.3) is 0 Å². The van der Waals surface area contributed by atoms with E-state index in [0.29, 0.717) is 24.8 Å². The fourth-order valence-electron chi connectivity index (χ4n) is 5.59. The number of alkyl carbamates (subject to hydrolysis) is 1. The molecular formula is C28H42N4O4. The lowest BCUT2D eigenvalue weighted by atomic mass is 9.85. The maximum atomic E-state index is 12.1. The summed E-state index contributed by atoms with van der Waals surface area (Å²) < 4.78 is 5.38. The highest BCUT2D eigenvalue weighted by Crippen LogP contribution is 2.28. The second-order valence-corrected chi connectivity index (χ2v) is 11.6. The second-order valence-electron chi connectivity index (χ2n) is 11.6. The average molecular weight is 499 g/mol. The van der Waals surface area contributed by atoms with E-state index in [1.54, 1.807) is 0 Å². The van der Waals surface area contributed by atoms with Crippen molar-refractivity contribution in [2.24, 2.45) is 5.92 Å². The van der Waals surface area contributed by atoms with Gasteiger partial charge in [-0.05, 0) is 95.9 Å². The van der Waals surface area contributed by atoms with E-state index in [9.17, 15) is 14.4 Å². The highest BCUT2D eigenvalue weighted by Gasteiger charge is 2.29. The molecule has 198 valence electrons. The molecule has 36 heavy (non-hydrogen) atoms. The molecule has 2 heterocycles. The summed E-state index contributed by atoms with van der Waals surface area (Å²) in [6, 6.07) is 9.05. The van der Waals surface area contributed by atoms with Crippen LogP contribution in [0.3, 0.4) is 0 Å². The van der Waals surface area contributed by atoms with Crippen LogP contribution in [0.4, 0.5) is 10.5 Å². The van der Waals surface area contributed by atoms with Crippen LogP contribution in [0.1, 0.15) is 83.6 Å². The fraction of sp³-hybridized carbons (Fsp3) is 0.679. The number of amides is 3. The third-order valence-corrected chi connectivity index (χ3v) is 7.66. The molecule has 1 unspecified atom stereocenters. The zero-order valence-corrected chi connectivity index (χ0v) is 22.0. The molecule has 0 aromatic heterocycles. The second kappa shape index (κ2) is 11.6. The molecule has 0 radical (unpaired) electrons. The van der Waals surface area contributed by atoms with Crippen molar-refractivity contribution in [1.82, 2.24) is 16.0 Å². The SMILES string of the molecule is CC(C)(C)OC(=O)NC1CCC(CNC2CCN(c3ccc(C4CCC(=O)NC4=O)cc3)CC2)CC1. The van der Waals surface area contributed by atoms with Gasteiger partial charge >= 0.3 is 6.09 Å². The van der Waals surface area contributed by atoms with E-state index in [1.165, 1.54) is 5.69 Å². The number of hydrogen-bond acceptors (Lipinski definition) is 6. The maximum Gasteiger partial charge on any atom is 0.407 e. The Hall–Kier alpha value is -2.61. The van der Waals surface area contributed by atoms with Crippen molar-refractivity contribution in [3.63, 3.8) is 0 Å². The minimum absolute atomic E-state index is 0.174. The van der Waals surface area contributed by atoms with Gasteiger partial charge in [0, 0.05) is 37.3 Å². The monoisotopic (exact) mass is 498 g/mol. The predicted octanol–water partition coefficient (Wildman–Crippen LogP) is 3.85. The largest absolute Gasteiger partial charge is 0.444 e. The Bertz CT molecular complexity index is 910. The molecule has 4 rings (SSSR count). The van der Waals surface area contributed by atoms with E-state index >= 15 is 0 Å². The number of piperidine rings is 2. The third-order valence-electron chi connectivity index (χ3n) is 7.66. The van der Waals surface area contributed by atoms with Crippen molar-refractivity contribution in [3.05, 3.63) is 29.8 Å². The van der Waals surface area contributed by atoms with Crippen LogP contribution in [0, 0.1) is 5.92 Å². The Morgan fingerprint density at radius 3 is 2.25 bits per heavy atom. The number of carbonyl (C=O) groups is 3. The van der Waals surface area contributed by atoms with Gasteiger partial charge in [-0.1, -0.05) is 12.1 Å². The van der Waals surface area contributed by atoms with E-state index in [1.807, 2.05) is 32.9 Å². The fourth-order valence-corrected chi connectivity index (χ4v) is 5.59. The third kappa shape index (κ3) is 7.45.